The molecule has 0 aliphatic heterocycles. The first-order valence-electron chi connectivity index (χ1n) is 7.18. The molecule has 0 aliphatic carbocycles. The molecule has 1 aromatic carbocycles. The number of benzene rings is 1. The van der Waals surface area contributed by atoms with Gasteiger partial charge in [0.1, 0.15) is 5.75 Å². The largest absolute Gasteiger partial charge is 0.507 e. The van der Waals surface area contributed by atoms with Crippen LogP contribution in [0.1, 0.15) is 62.1 Å². The maximum absolute atomic E-state index is 10.0. The molecule has 1 aromatic rings. The van der Waals surface area contributed by atoms with E-state index in [1.807, 2.05) is 0 Å². The Kier molecular flexibility index (Phi) is 8.80. The summed E-state index contributed by atoms with van der Waals surface area (Å²) in [5.41, 5.74) is 3.34. The Morgan fingerprint density at radius 1 is 0.895 bits per heavy atom. The van der Waals surface area contributed by atoms with Crippen LogP contribution < -0.4 is 0 Å². The monoisotopic (exact) mass is 390 g/mol. The smallest absolute Gasteiger partial charge is 0.123 e. The van der Waals surface area contributed by atoms with Gasteiger partial charge in [0.05, 0.1) is 0 Å². The van der Waals surface area contributed by atoms with Crippen LogP contribution in [0.15, 0.2) is 12.1 Å². The molecule has 0 aliphatic rings. The fourth-order valence-electron chi connectivity index (χ4n) is 2.29. The fraction of sp³-hybridized carbons (Fsp3) is 0.625. The van der Waals surface area contributed by atoms with Gasteiger partial charge in [0.25, 0.3) is 0 Å². The van der Waals surface area contributed by atoms with Crippen molar-refractivity contribution in [1.29, 1.82) is 0 Å². The van der Waals surface area contributed by atoms with Gasteiger partial charge in [0.15, 0.2) is 0 Å². The van der Waals surface area contributed by atoms with Crippen molar-refractivity contribution in [2.75, 3.05) is 0 Å². The zero-order valence-electron chi connectivity index (χ0n) is 11.7. The van der Waals surface area contributed by atoms with Gasteiger partial charge in [-0.3, -0.25) is 0 Å². The molecule has 0 bridgehead atoms. The Morgan fingerprint density at radius 3 is 1.95 bits per heavy atom. The summed E-state index contributed by atoms with van der Waals surface area (Å²) >= 11 is 6.88. The number of halogens is 2. The molecular formula is C16H24Br2O. The quantitative estimate of drug-likeness (QED) is 0.399. The van der Waals surface area contributed by atoms with Gasteiger partial charge in [-0.2, -0.15) is 0 Å². The Labute approximate surface area is 134 Å². The number of aromatic hydroxyl groups is 1. The molecule has 108 valence electrons. The van der Waals surface area contributed by atoms with E-state index >= 15 is 0 Å². The van der Waals surface area contributed by atoms with Crippen molar-refractivity contribution in [1.82, 2.24) is 0 Å². The molecule has 0 aromatic heterocycles. The standard InChI is InChI=1S/C16H24Br2O/c1-2-3-4-5-6-7-8-13-9-14(11-17)16(19)15(10-13)12-18/h9-10,19H,2-8,11-12H2,1H3. The van der Waals surface area contributed by atoms with Crippen LogP contribution in [0.3, 0.4) is 0 Å². The van der Waals surface area contributed by atoms with Gasteiger partial charge >= 0.3 is 0 Å². The zero-order valence-corrected chi connectivity index (χ0v) is 14.9. The van der Waals surface area contributed by atoms with Crippen LogP contribution in [0.2, 0.25) is 0 Å². The van der Waals surface area contributed by atoms with Gasteiger partial charge in [-0.05, 0) is 18.4 Å². The minimum absolute atomic E-state index is 0.431. The normalized spacial score (nSPS) is 10.9. The molecule has 0 saturated carbocycles. The molecule has 0 fully saturated rings. The Bertz CT molecular complexity index is 352. The third-order valence-corrected chi connectivity index (χ3v) is 4.64. The van der Waals surface area contributed by atoms with E-state index in [4.69, 9.17) is 0 Å². The lowest BCUT2D eigenvalue weighted by molar-refractivity contribution is 0.466. The molecular weight excluding hydrogens is 368 g/mol. The van der Waals surface area contributed by atoms with Crippen molar-refractivity contribution in [2.24, 2.45) is 0 Å². The number of aryl methyl sites for hydroxylation is 1. The number of hydrogen-bond donors (Lipinski definition) is 1. The van der Waals surface area contributed by atoms with Crippen LogP contribution in [-0.2, 0) is 17.1 Å². The summed E-state index contributed by atoms with van der Waals surface area (Å²) in [6, 6.07) is 4.25. The second-order valence-electron chi connectivity index (χ2n) is 5.05. The number of alkyl halides is 2. The van der Waals surface area contributed by atoms with Crippen LogP contribution in [-0.4, -0.2) is 5.11 Å². The molecule has 1 N–H and O–H groups in total. The van der Waals surface area contributed by atoms with E-state index in [-0.39, 0.29) is 0 Å². The number of rotatable bonds is 9. The lowest BCUT2D eigenvalue weighted by Crippen LogP contribution is -1.93. The van der Waals surface area contributed by atoms with Crippen LogP contribution in [0.5, 0.6) is 5.75 Å². The minimum atomic E-state index is 0.431. The van der Waals surface area contributed by atoms with Crippen molar-refractivity contribution >= 4 is 31.9 Å². The molecule has 0 unspecified atom stereocenters. The predicted octanol–water partition coefficient (Wildman–Crippen LogP) is 6.09. The summed E-state index contributed by atoms with van der Waals surface area (Å²) in [5.74, 6) is 0.431. The van der Waals surface area contributed by atoms with Gasteiger partial charge < -0.3 is 5.11 Å². The van der Waals surface area contributed by atoms with Crippen molar-refractivity contribution in [2.45, 2.75) is 62.5 Å². The molecule has 0 saturated heterocycles. The SMILES string of the molecule is CCCCCCCCc1cc(CBr)c(O)c(CBr)c1. The molecule has 1 rings (SSSR count). The summed E-state index contributed by atoms with van der Waals surface area (Å²) < 4.78 is 0. The highest BCUT2D eigenvalue weighted by Crippen LogP contribution is 2.29. The maximum Gasteiger partial charge on any atom is 0.123 e. The second kappa shape index (κ2) is 9.82. The van der Waals surface area contributed by atoms with Gasteiger partial charge in [0.2, 0.25) is 0 Å². The average Bonchev–Trinajstić information content (AvgIpc) is 2.44. The first-order chi connectivity index (χ1) is 9.22. The molecule has 1 nitrogen and oxygen atoms in total. The van der Waals surface area contributed by atoms with E-state index < -0.39 is 0 Å². The first kappa shape index (κ1) is 17.0. The second-order valence-corrected chi connectivity index (χ2v) is 6.17. The summed E-state index contributed by atoms with van der Waals surface area (Å²) in [7, 11) is 0. The van der Waals surface area contributed by atoms with E-state index in [1.165, 1.54) is 44.1 Å². The van der Waals surface area contributed by atoms with Crippen molar-refractivity contribution in [3.63, 3.8) is 0 Å². The Hall–Kier alpha value is -0.0200. The van der Waals surface area contributed by atoms with Gasteiger partial charge in [-0.25, -0.2) is 0 Å². The first-order valence-corrected chi connectivity index (χ1v) is 9.42. The molecule has 19 heavy (non-hydrogen) atoms. The number of unbranched alkanes of at least 4 members (excludes halogenated alkanes) is 5. The summed E-state index contributed by atoms with van der Waals surface area (Å²) in [5, 5.41) is 11.4. The maximum atomic E-state index is 10.0. The third-order valence-electron chi connectivity index (χ3n) is 3.43. The van der Waals surface area contributed by atoms with E-state index in [9.17, 15) is 5.11 Å². The average molecular weight is 392 g/mol. The van der Waals surface area contributed by atoms with Crippen LogP contribution >= 0.6 is 31.9 Å². The molecule has 0 heterocycles. The number of phenolic OH excluding ortho intramolecular Hbond substituents is 1. The summed E-state index contributed by atoms with van der Waals surface area (Å²) in [6.45, 7) is 2.25. The van der Waals surface area contributed by atoms with E-state index in [2.05, 4.69) is 50.9 Å². The van der Waals surface area contributed by atoms with E-state index in [1.54, 1.807) is 0 Å². The molecule has 0 radical (unpaired) electrons. The third kappa shape index (κ3) is 5.86. The van der Waals surface area contributed by atoms with Gasteiger partial charge in [-0.1, -0.05) is 83.0 Å². The predicted molar refractivity (Wildman–Crippen MR) is 90.4 cm³/mol. The van der Waals surface area contributed by atoms with Crippen molar-refractivity contribution < 1.29 is 5.11 Å². The van der Waals surface area contributed by atoms with Crippen LogP contribution in [0.4, 0.5) is 0 Å². The molecule has 3 heteroatoms. The van der Waals surface area contributed by atoms with Gasteiger partial charge in [0, 0.05) is 21.8 Å². The summed E-state index contributed by atoms with van der Waals surface area (Å²) in [6.07, 6.45) is 9.06. The molecule has 0 atom stereocenters. The topological polar surface area (TPSA) is 20.2 Å². The fourth-order valence-corrected chi connectivity index (χ4v) is 3.14. The Morgan fingerprint density at radius 2 is 1.42 bits per heavy atom. The van der Waals surface area contributed by atoms with Crippen molar-refractivity contribution in [3.8, 4) is 5.75 Å². The molecule has 0 spiro atoms. The molecule has 0 amide bonds. The highest BCUT2D eigenvalue weighted by Gasteiger charge is 2.08. The highest BCUT2D eigenvalue weighted by molar-refractivity contribution is 9.08. The highest BCUT2D eigenvalue weighted by atomic mass is 79.9. The van der Waals surface area contributed by atoms with E-state index in [0.29, 0.717) is 16.4 Å². The number of hydrogen-bond acceptors (Lipinski definition) is 1. The van der Waals surface area contributed by atoms with Gasteiger partial charge in [-0.15, -0.1) is 0 Å². The van der Waals surface area contributed by atoms with E-state index in [0.717, 1.165) is 17.5 Å². The minimum Gasteiger partial charge on any atom is -0.507 e. The van der Waals surface area contributed by atoms with Crippen molar-refractivity contribution in [3.05, 3.63) is 28.8 Å². The van der Waals surface area contributed by atoms with Crippen LogP contribution in [0.25, 0.3) is 0 Å². The number of phenols is 1. The lowest BCUT2D eigenvalue weighted by atomic mass is 10.0. The zero-order chi connectivity index (χ0) is 14.1. The summed E-state index contributed by atoms with van der Waals surface area (Å²) in [4.78, 5) is 0. The van der Waals surface area contributed by atoms with Crippen LogP contribution in [0, 0.1) is 0 Å². The Balaban J connectivity index is 2.49. The lowest BCUT2D eigenvalue weighted by Gasteiger charge is -2.10.